The van der Waals surface area contributed by atoms with Crippen LogP contribution in [0.5, 0.6) is 0 Å². The Hall–Kier alpha value is -0.853. The summed E-state index contributed by atoms with van der Waals surface area (Å²) in [4.78, 5) is 0. The van der Waals surface area contributed by atoms with Gasteiger partial charge in [-0.05, 0) is 12.1 Å². The van der Waals surface area contributed by atoms with E-state index in [0.29, 0.717) is 0 Å². The maximum absolute atomic E-state index is 13.3. The van der Waals surface area contributed by atoms with Crippen LogP contribution in [0.3, 0.4) is 0 Å². The summed E-state index contributed by atoms with van der Waals surface area (Å²) in [6.07, 6.45) is 0. The number of hydrogen-bond donors (Lipinski definition) is 0. The van der Waals surface area contributed by atoms with Crippen molar-refractivity contribution < 1.29 is 8.78 Å². The molecule has 0 nitrogen and oxygen atoms in total. The van der Waals surface area contributed by atoms with Gasteiger partial charge in [-0.15, -0.1) is 5.54 Å². The van der Waals surface area contributed by atoms with Gasteiger partial charge in [0.15, 0.2) is 11.6 Å². The van der Waals surface area contributed by atoms with Crippen LogP contribution in [0.2, 0.25) is 24.7 Å². The van der Waals surface area contributed by atoms with Crippen LogP contribution in [-0.4, -0.2) is 8.07 Å². The topological polar surface area (TPSA) is 0 Å². The Balaban J connectivity index is 3.17. The molecule has 0 aliphatic heterocycles. The maximum atomic E-state index is 13.3. The van der Waals surface area contributed by atoms with Gasteiger partial charge < -0.3 is 0 Å². The molecule has 80 valence electrons. The molecular formula is C11H11ClF2Si. The van der Waals surface area contributed by atoms with Gasteiger partial charge in [-0.1, -0.05) is 37.2 Å². The van der Waals surface area contributed by atoms with Gasteiger partial charge in [-0.2, -0.15) is 0 Å². The van der Waals surface area contributed by atoms with Crippen LogP contribution in [-0.2, 0) is 0 Å². The molecule has 4 heteroatoms. The van der Waals surface area contributed by atoms with Crippen LogP contribution in [0, 0.1) is 23.1 Å². The third-order valence-corrected chi connectivity index (χ3v) is 2.77. The molecule has 15 heavy (non-hydrogen) atoms. The molecule has 0 fully saturated rings. The minimum Gasteiger partial charge on any atom is -0.202 e. The van der Waals surface area contributed by atoms with E-state index in [0.717, 1.165) is 0 Å². The van der Waals surface area contributed by atoms with Gasteiger partial charge in [0.05, 0.1) is 10.6 Å². The Kier molecular flexibility index (Phi) is 3.53. The molecule has 0 atom stereocenters. The van der Waals surface area contributed by atoms with Gasteiger partial charge in [0.2, 0.25) is 0 Å². The van der Waals surface area contributed by atoms with Gasteiger partial charge in [-0.25, -0.2) is 8.78 Å². The molecule has 0 radical (unpaired) electrons. The minimum absolute atomic E-state index is 0.0688. The summed E-state index contributed by atoms with van der Waals surface area (Å²) in [6, 6.07) is 2.71. The summed E-state index contributed by atoms with van der Waals surface area (Å²) in [5, 5.41) is -0.217. The van der Waals surface area contributed by atoms with Gasteiger partial charge in [-0.3, -0.25) is 0 Å². The number of hydrogen-bond acceptors (Lipinski definition) is 0. The minimum atomic E-state index is -1.58. The van der Waals surface area contributed by atoms with E-state index < -0.39 is 19.7 Å². The lowest BCUT2D eigenvalue weighted by atomic mass is 10.2. The van der Waals surface area contributed by atoms with E-state index in [1.807, 2.05) is 19.6 Å². The second-order valence-electron chi connectivity index (χ2n) is 4.22. The predicted molar refractivity (Wildman–Crippen MR) is 61.6 cm³/mol. The molecule has 0 unspecified atom stereocenters. The molecular weight excluding hydrogens is 234 g/mol. The highest BCUT2D eigenvalue weighted by Crippen LogP contribution is 2.19. The summed E-state index contributed by atoms with van der Waals surface area (Å²) in [7, 11) is -1.58. The van der Waals surface area contributed by atoms with E-state index in [1.54, 1.807) is 0 Å². The molecule has 0 N–H and O–H groups in total. The predicted octanol–water partition coefficient (Wildman–Crippen LogP) is 3.85. The van der Waals surface area contributed by atoms with Crippen LogP contribution in [0.15, 0.2) is 12.1 Å². The van der Waals surface area contributed by atoms with Crippen LogP contribution >= 0.6 is 11.6 Å². The first-order chi connectivity index (χ1) is 6.81. The molecule has 0 aliphatic rings. The fourth-order valence-corrected chi connectivity index (χ4v) is 1.53. The van der Waals surface area contributed by atoms with Gasteiger partial charge in [0, 0.05) is 0 Å². The highest BCUT2D eigenvalue weighted by Gasteiger charge is 2.12. The third-order valence-electron chi connectivity index (χ3n) is 1.61. The van der Waals surface area contributed by atoms with E-state index in [9.17, 15) is 8.78 Å². The lowest BCUT2D eigenvalue weighted by Gasteiger charge is -2.04. The molecule has 0 spiro atoms. The van der Waals surface area contributed by atoms with Crippen molar-refractivity contribution in [2.24, 2.45) is 0 Å². The quantitative estimate of drug-likeness (QED) is 0.370. The van der Waals surface area contributed by atoms with E-state index in [-0.39, 0.29) is 10.6 Å². The first-order valence-electron chi connectivity index (χ1n) is 4.48. The SMILES string of the molecule is C[Si](C)(C)C#Cc1ccc(Cl)c(F)c1F. The van der Waals surface area contributed by atoms with E-state index >= 15 is 0 Å². The van der Waals surface area contributed by atoms with Gasteiger partial charge in [0.25, 0.3) is 0 Å². The highest BCUT2D eigenvalue weighted by atomic mass is 35.5. The van der Waals surface area contributed by atoms with Crippen molar-refractivity contribution in [3.63, 3.8) is 0 Å². The Labute approximate surface area is 94.3 Å². The second-order valence-corrected chi connectivity index (χ2v) is 9.38. The zero-order valence-corrected chi connectivity index (χ0v) is 10.5. The lowest BCUT2D eigenvalue weighted by Crippen LogP contribution is -2.16. The molecule has 1 aromatic carbocycles. The largest absolute Gasteiger partial charge is 0.202 e. The summed E-state index contributed by atoms with van der Waals surface area (Å²) in [5.41, 5.74) is 3.03. The average molecular weight is 245 g/mol. The van der Waals surface area contributed by atoms with Crippen molar-refractivity contribution >= 4 is 19.7 Å². The van der Waals surface area contributed by atoms with Crippen LogP contribution < -0.4 is 0 Å². The summed E-state index contributed by atoms with van der Waals surface area (Å²) in [5.74, 6) is 0.666. The Morgan fingerprint density at radius 2 is 1.73 bits per heavy atom. The van der Waals surface area contributed by atoms with Crippen molar-refractivity contribution in [1.82, 2.24) is 0 Å². The molecule has 0 bridgehead atoms. The van der Waals surface area contributed by atoms with Crippen molar-refractivity contribution in [1.29, 1.82) is 0 Å². The van der Waals surface area contributed by atoms with E-state index in [4.69, 9.17) is 11.6 Å². The summed E-state index contributed by atoms with van der Waals surface area (Å²) in [6.45, 7) is 6.10. The van der Waals surface area contributed by atoms with Crippen molar-refractivity contribution in [2.45, 2.75) is 19.6 Å². The lowest BCUT2D eigenvalue weighted by molar-refractivity contribution is 0.507. The Bertz CT molecular complexity index is 438. The Morgan fingerprint density at radius 3 is 2.27 bits per heavy atom. The van der Waals surface area contributed by atoms with E-state index in [2.05, 4.69) is 11.5 Å². The summed E-state index contributed by atoms with van der Waals surface area (Å²) < 4.78 is 26.3. The molecule has 0 saturated carbocycles. The normalized spacial score (nSPS) is 10.8. The van der Waals surface area contributed by atoms with Gasteiger partial charge >= 0.3 is 0 Å². The van der Waals surface area contributed by atoms with Crippen molar-refractivity contribution in [3.8, 4) is 11.5 Å². The average Bonchev–Trinajstić information content (AvgIpc) is 2.12. The number of halogens is 3. The summed E-state index contributed by atoms with van der Waals surface area (Å²) >= 11 is 5.42. The smallest absolute Gasteiger partial charge is 0.178 e. The zero-order valence-electron chi connectivity index (χ0n) is 8.79. The molecule has 0 amide bonds. The Morgan fingerprint density at radius 1 is 1.13 bits per heavy atom. The monoisotopic (exact) mass is 244 g/mol. The highest BCUT2D eigenvalue weighted by molar-refractivity contribution is 6.83. The first kappa shape index (κ1) is 12.2. The fourth-order valence-electron chi connectivity index (χ4n) is 0.877. The first-order valence-corrected chi connectivity index (χ1v) is 8.36. The molecule has 1 aromatic rings. The van der Waals surface area contributed by atoms with Gasteiger partial charge in [0.1, 0.15) is 8.07 Å². The second kappa shape index (κ2) is 4.34. The van der Waals surface area contributed by atoms with Crippen LogP contribution in [0.4, 0.5) is 8.78 Å². The molecule has 0 aliphatic carbocycles. The molecule has 0 heterocycles. The standard InChI is InChI=1S/C11H11ClF2Si/c1-15(2,3)7-6-8-4-5-9(12)11(14)10(8)13/h4-5H,1-3H3. The van der Waals surface area contributed by atoms with Crippen LogP contribution in [0.25, 0.3) is 0 Å². The molecule has 1 rings (SSSR count). The fraction of sp³-hybridized carbons (Fsp3) is 0.273. The van der Waals surface area contributed by atoms with Crippen molar-refractivity contribution in [2.75, 3.05) is 0 Å². The number of benzene rings is 1. The number of rotatable bonds is 0. The van der Waals surface area contributed by atoms with Crippen LogP contribution in [0.1, 0.15) is 5.56 Å². The van der Waals surface area contributed by atoms with Crippen molar-refractivity contribution in [3.05, 3.63) is 34.4 Å². The molecule has 0 saturated heterocycles. The van der Waals surface area contributed by atoms with E-state index in [1.165, 1.54) is 12.1 Å². The zero-order chi connectivity index (χ0) is 11.6. The third kappa shape index (κ3) is 3.33. The maximum Gasteiger partial charge on any atom is 0.178 e. The molecule has 0 aromatic heterocycles.